The van der Waals surface area contributed by atoms with Crippen molar-refractivity contribution in [3.8, 4) is 0 Å². The van der Waals surface area contributed by atoms with Gasteiger partial charge in [0.25, 0.3) is 5.91 Å². The third-order valence-electron chi connectivity index (χ3n) is 5.95. The van der Waals surface area contributed by atoms with Crippen LogP contribution in [0.1, 0.15) is 22.7 Å². The Morgan fingerprint density at radius 1 is 0.844 bits per heavy atom. The van der Waals surface area contributed by atoms with Gasteiger partial charge in [-0.15, -0.1) is 0 Å². The van der Waals surface area contributed by atoms with Crippen molar-refractivity contribution in [1.29, 1.82) is 0 Å². The zero-order chi connectivity index (χ0) is 23.0. The normalized spacial score (nSPS) is 16.5. The minimum atomic E-state index is -0.768. The minimum Gasteiger partial charge on any atom is -0.378 e. The van der Waals surface area contributed by atoms with E-state index < -0.39 is 6.04 Å². The number of aryl methyl sites for hydroxylation is 2. The molecule has 0 aromatic heterocycles. The molecule has 0 unspecified atom stereocenters. The molecule has 164 valence electrons. The molecule has 1 aliphatic rings. The summed E-state index contributed by atoms with van der Waals surface area (Å²) in [7, 11) is 3.93. The molecule has 0 bridgehead atoms. The molecule has 3 aromatic rings. The van der Waals surface area contributed by atoms with E-state index in [0.29, 0.717) is 10.7 Å². The smallest absolute Gasteiger partial charge is 0.255 e. The number of carbonyl (C=O) groups is 2. The van der Waals surface area contributed by atoms with E-state index in [1.54, 1.807) is 34.1 Å². The first kappa shape index (κ1) is 21.9. The van der Waals surface area contributed by atoms with Gasteiger partial charge in [-0.2, -0.15) is 0 Å². The summed E-state index contributed by atoms with van der Waals surface area (Å²) in [6.45, 7) is 4.02. The summed E-state index contributed by atoms with van der Waals surface area (Å²) >= 11 is 6.06. The van der Waals surface area contributed by atoms with E-state index in [1.807, 2.05) is 75.3 Å². The Hall–Kier alpha value is -3.31. The lowest BCUT2D eigenvalue weighted by molar-refractivity contribution is -0.128. The number of benzene rings is 3. The summed E-state index contributed by atoms with van der Waals surface area (Å²) in [5.41, 5.74) is 5.38. The molecule has 0 spiro atoms. The number of carbonyl (C=O) groups excluding carboxylic acids is 2. The zero-order valence-electron chi connectivity index (χ0n) is 18.7. The highest BCUT2D eigenvalue weighted by Gasteiger charge is 2.41. The fourth-order valence-electron chi connectivity index (χ4n) is 3.94. The SMILES string of the molecule is Cc1ccc(N2CC(=O)N(c3ccc(Cl)cc3)[C@@H](c3ccc(N(C)C)cc3)C2=O)cc1C. The first-order chi connectivity index (χ1) is 15.3. The van der Waals surface area contributed by atoms with Gasteiger partial charge in [-0.25, -0.2) is 0 Å². The molecule has 0 radical (unpaired) electrons. The largest absolute Gasteiger partial charge is 0.378 e. The van der Waals surface area contributed by atoms with Crippen LogP contribution < -0.4 is 14.7 Å². The fraction of sp³-hybridized carbons (Fsp3) is 0.231. The predicted molar refractivity (Wildman–Crippen MR) is 131 cm³/mol. The summed E-state index contributed by atoms with van der Waals surface area (Å²) < 4.78 is 0. The van der Waals surface area contributed by atoms with Crippen LogP contribution in [0.5, 0.6) is 0 Å². The van der Waals surface area contributed by atoms with Crippen LogP contribution in [0.2, 0.25) is 5.02 Å². The maximum Gasteiger partial charge on any atom is 0.255 e. The number of anilines is 3. The molecular weight excluding hydrogens is 422 g/mol. The summed E-state index contributed by atoms with van der Waals surface area (Å²) in [5, 5.41) is 0.577. The third kappa shape index (κ3) is 4.08. The van der Waals surface area contributed by atoms with Gasteiger partial charge in [0, 0.05) is 36.2 Å². The summed E-state index contributed by atoms with van der Waals surface area (Å²) in [6, 6.07) is 19.8. The molecule has 1 saturated heterocycles. The number of hydrogen-bond donors (Lipinski definition) is 0. The molecule has 5 nitrogen and oxygen atoms in total. The number of amides is 2. The number of nitrogens with zero attached hydrogens (tertiary/aromatic N) is 3. The van der Waals surface area contributed by atoms with E-state index in [9.17, 15) is 9.59 Å². The second-order valence-corrected chi connectivity index (χ2v) is 8.76. The molecule has 0 saturated carbocycles. The molecule has 6 heteroatoms. The number of halogens is 1. The molecule has 3 aromatic carbocycles. The molecular formula is C26H26ClN3O2. The van der Waals surface area contributed by atoms with E-state index in [2.05, 4.69) is 0 Å². The van der Waals surface area contributed by atoms with Gasteiger partial charge in [0.1, 0.15) is 12.6 Å². The van der Waals surface area contributed by atoms with Gasteiger partial charge in [0.2, 0.25) is 5.91 Å². The van der Waals surface area contributed by atoms with Crippen molar-refractivity contribution in [2.24, 2.45) is 0 Å². The lowest BCUT2D eigenvalue weighted by atomic mass is 9.98. The summed E-state index contributed by atoms with van der Waals surface area (Å²) in [5.74, 6) is -0.285. The van der Waals surface area contributed by atoms with Crippen molar-refractivity contribution in [3.63, 3.8) is 0 Å². The molecule has 0 aliphatic carbocycles. The molecule has 1 fully saturated rings. The zero-order valence-corrected chi connectivity index (χ0v) is 19.4. The van der Waals surface area contributed by atoms with E-state index in [1.165, 1.54) is 0 Å². The van der Waals surface area contributed by atoms with Crippen LogP contribution in [-0.2, 0) is 9.59 Å². The topological polar surface area (TPSA) is 43.9 Å². The number of hydrogen-bond acceptors (Lipinski definition) is 3. The molecule has 4 rings (SSSR count). The van der Waals surface area contributed by atoms with Gasteiger partial charge in [0.15, 0.2) is 0 Å². The van der Waals surface area contributed by atoms with Crippen LogP contribution in [0, 0.1) is 13.8 Å². The van der Waals surface area contributed by atoms with E-state index in [4.69, 9.17) is 11.6 Å². The minimum absolute atomic E-state index is 0.0176. The van der Waals surface area contributed by atoms with Crippen LogP contribution in [0.15, 0.2) is 66.7 Å². The lowest BCUT2D eigenvalue weighted by Gasteiger charge is -2.40. The van der Waals surface area contributed by atoms with Crippen LogP contribution in [0.25, 0.3) is 0 Å². The average molecular weight is 448 g/mol. The highest BCUT2D eigenvalue weighted by atomic mass is 35.5. The Balaban J connectivity index is 1.80. The summed E-state index contributed by atoms with van der Waals surface area (Å²) in [4.78, 5) is 32.4. The van der Waals surface area contributed by atoms with E-state index >= 15 is 0 Å². The second kappa shape index (κ2) is 8.67. The first-order valence-corrected chi connectivity index (χ1v) is 10.9. The summed E-state index contributed by atoms with van der Waals surface area (Å²) in [6.07, 6.45) is 0. The Morgan fingerprint density at radius 3 is 2.06 bits per heavy atom. The molecule has 1 atom stereocenters. The van der Waals surface area contributed by atoms with E-state index in [-0.39, 0.29) is 18.4 Å². The standard InChI is InChI=1S/C26H26ClN3O2/c1-17-5-10-23(15-18(17)2)29-16-24(31)30(22-13-8-20(27)9-14-22)25(26(29)32)19-6-11-21(12-7-19)28(3)4/h5-15,25H,16H2,1-4H3/t25-/m0/s1. The van der Waals surface area contributed by atoms with Gasteiger partial charge in [-0.05, 0) is 79.1 Å². The maximum absolute atomic E-state index is 13.8. The highest BCUT2D eigenvalue weighted by Crippen LogP contribution is 2.36. The molecule has 32 heavy (non-hydrogen) atoms. The van der Waals surface area contributed by atoms with Crippen molar-refractivity contribution in [3.05, 3.63) is 88.4 Å². The Bertz CT molecular complexity index is 1160. The average Bonchev–Trinajstić information content (AvgIpc) is 2.77. The van der Waals surface area contributed by atoms with Crippen LogP contribution in [0.3, 0.4) is 0 Å². The third-order valence-corrected chi connectivity index (χ3v) is 6.20. The molecule has 0 N–H and O–H groups in total. The van der Waals surface area contributed by atoms with Gasteiger partial charge < -0.3 is 9.80 Å². The maximum atomic E-state index is 13.8. The van der Waals surface area contributed by atoms with Gasteiger partial charge in [-0.3, -0.25) is 14.5 Å². The first-order valence-electron chi connectivity index (χ1n) is 10.5. The van der Waals surface area contributed by atoms with Crippen molar-refractivity contribution < 1.29 is 9.59 Å². The lowest BCUT2D eigenvalue weighted by Crippen LogP contribution is -2.56. The molecule has 1 heterocycles. The number of piperazine rings is 1. The fourth-order valence-corrected chi connectivity index (χ4v) is 4.07. The predicted octanol–water partition coefficient (Wildman–Crippen LogP) is 5.14. The Kier molecular flexibility index (Phi) is 5.94. The Labute approximate surface area is 193 Å². The van der Waals surface area contributed by atoms with Crippen LogP contribution >= 0.6 is 11.6 Å². The van der Waals surface area contributed by atoms with Crippen molar-refractivity contribution in [2.45, 2.75) is 19.9 Å². The molecule has 2 amide bonds. The van der Waals surface area contributed by atoms with Gasteiger partial charge in [-0.1, -0.05) is 29.8 Å². The van der Waals surface area contributed by atoms with Crippen molar-refractivity contribution in [1.82, 2.24) is 0 Å². The van der Waals surface area contributed by atoms with E-state index in [0.717, 1.165) is 28.1 Å². The monoisotopic (exact) mass is 447 g/mol. The van der Waals surface area contributed by atoms with Crippen molar-refractivity contribution >= 4 is 40.5 Å². The van der Waals surface area contributed by atoms with Gasteiger partial charge in [0.05, 0.1) is 0 Å². The quantitative estimate of drug-likeness (QED) is 0.556. The highest BCUT2D eigenvalue weighted by molar-refractivity contribution is 6.30. The van der Waals surface area contributed by atoms with Gasteiger partial charge >= 0.3 is 0 Å². The Morgan fingerprint density at radius 2 is 1.47 bits per heavy atom. The van der Waals surface area contributed by atoms with Crippen LogP contribution in [0.4, 0.5) is 17.1 Å². The van der Waals surface area contributed by atoms with Crippen LogP contribution in [-0.4, -0.2) is 32.5 Å². The van der Waals surface area contributed by atoms with Crippen molar-refractivity contribution in [2.75, 3.05) is 35.3 Å². The molecule has 1 aliphatic heterocycles. The number of rotatable bonds is 4. The second-order valence-electron chi connectivity index (χ2n) is 8.32.